The third-order valence-corrected chi connectivity index (χ3v) is 7.13. The number of ketones is 1. The number of carbonyl (C=O) groups excluding carboxylic acids is 5. The number of benzene rings is 1. The summed E-state index contributed by atoms with van der Waals surface area (Å²) in [5.74, 6) is -3.52. The van der Waals surface area contributed by atoms with Crippen LogP contribution in [0.1, 0.15) is 62.5 Å². The number of esters is 4. The molecule has 0 amide bonds. The van der Waals surface area contributed by atoms with Gasteiger partial charge in [0.2, 0.25) is 0 Å². The van der Waals surface area contributed by atoms with Crippen LogP contribution in [0.5, 0.6) is 0 Å². The number of carbonyl (C=O) groups is 5. The summed E-state index contributed by atoms with van der Waals surface area (Å²) in [6.45, 7) is 6.86. The van der Waals surface area contributed by atoms with E-state index >= 15 is 0 Å². The van der Waals surface area contributed by atoms with Gasteiger partial charge in [-0.15, -0.1) is 0 Å². The van der Waals surface area contributed by atoms with Crippen LogP contribution < -0.4 is 0 Å². The van der Waals surface area contributed by atoms with E-state index in [0.717, 1.165) is 27.7 Å². The topological polar surface area (TPSA) is 160 Å². The zero-order chi connectivity index (χ0) is 32.2. The Bertz CT molecular complexity index is 1560. The number of nitrogens with zero attached hydrogens (tertiary/aromatic N) is 2. The number of hydrogen-bond donors (Lipinski definition) is 0. The summed E-state index contributed by atoms with van der Waals surface area (Å²) in [7, 11) is 0. The molecular weight excluding hydrogens is 604 g/mol. The van der Waals surface area contributed by atoms with Gasteiger partial charge in [0, 0.05) is 49.5 Å². The molecule has 0 bridgehead atoms. The molecule has 0 N–H and O–H groups in total. The molecular formula is C29H29ClN2O10S. The first kappa shape index (κ1) is 33.4. The number of hydrogen-bond acceptors (Lipinski definition) is 12. The molecule has 12 nitrogen and oxygen atoms in total. The summed E-state index contributed by atoms with van der Waals surface area (Å²) < 4.78 is 29.1. The van der Waals surface area contributed by atoms with E-state index in [1.807, 2.05) is 0 Å². The normalized spacial score (nSPS) is 21.2. The molecule has 0 aliphatic carbocycles. The van der Waals surface area contributed by atoms with Gasteiger partial charge in [-0.1, -0.05) is 36.0 Å². The molecule has 0 unspecified atom stereocenters. The van der Waals surface area contributed by atoms with E-state index in [1.54, 1.807) is 31.2 Å². The van der Waals surface area contributed by atoms with Gasteiger partial charge in [-0.05, 0) is 31.5 Å². The van der Waals surface area contributed by atoms with Crippen molar-refractivity contribution in [2.75, 3.05) is 6.61 Å². The predicted molar refractivity (Wildman–Crippen MR) is 152 cm³/mol. The van der Waals surface area contributed by atoms with E-state index in [4.69, 9.17) is 47.5 Å². The molecule has 2 heterocycles. The van der Waals surface area contributed by atoms with E-state index in [0.29, 0.717) is 10.6 Å². The highest BCUT2D eigenvalue weighted by molar-refractivity contribution is 7.71. The standard InChI is InChI=1S/C29H29ClN2O10S/c1-13-23(14(2)33)24(19-7-9-20(30)10-8-19)21(11-31)29(43)32(13)28-27(41-18(6)37)26(40-17(5)36)25(39-16(4)35)22(42-28)12-38-15(3)34/h7-10,22,25-28H,12H2,1-6H3/t22-,25-,26-,27-,28-/m1/s1. The molecule has 0 radical (unpaired) electrons. The highest BCUT2D eigenvalue weighted by Gasteiger charge is 2.53. The minimum atomic E-state index is -1.50. The molecule has 2 aromatic rings. The summed E-state index contributed by atoms with van der Waals surface area (Å²) in [6, 6.07) is 8.54. The quantitative estimate of drug-likeness (QED) is 0.177. The van der Waals surface area contributed by atoms with Crippen LogP contribution in [-0.4, -0.2) is 65.3 Å². The zero-order valence-electron chi connectivity index (χ0n) is 24.2. The Morgan fingerprint density at radius 3 is 1.93 bits per heavy atom. The van der Waals surface area contributed by atoms with Crippen LogP contribution in [0.25, 0.3) is 11.1 Å². The first-order valence-corrected chi connectivity index (χ1v) is 13.7. The summed E-state index contributed by atoms with van der Waals surface area (Å²) in [5, 5.41) is 10.7. The number of Topliss-reactive ketones (excluding diaryl/α,β-unsaturated/α-hetero) is 1. The van der Waals surface area contributed by atoms with E-state index in [2.05, 4.69) is 6.07 Å². The van der Waals surface area contributed by atoms with E-state index in [9.17, 15) is 29.2 Å². The Kier molecular flexibility index (Phi) is 10.8. The Balaban J connectivity index is 2.39. The van der Waals surface area contributed by atoms with Crippen molar-refractivity contribution in [3.63, 3.8) is 0 Å². The van der Waals surface area contributed by atoms with Crippen molar-refractivity contribution in [3.05, 3.63) is 50.7 Å². The maximum atomic E-state index is 13.1. The highest BCUT2D eigenvalue weighted by Crippen LogP contribution is 2.39. The number of pyridine rings is 1. The van der Waals surface area contributed by atoms with Gasteiger partial charge >= 0.3 is 23.9 Å². The Morgan fingerprint density at radius 1 is 0.907 bits per heavy atom. The van der Waals surface area contributed by atoms with Crippen LogP contribution in [0, 0.1) is 22.9 Å². The summed E-state index contributed by atoms with van der Waals surface area (Å²) >= 11 is 11.8. The predicted octanol–water partition coefficient (Wildman–Crippen LogP) is 4.18. The highest BCUT2D eigenvalue weighted by atomic mass is 35.5. The SMILES string of the molecule is CC(=O)OC[C@H]1O[C@@H](n2c(C)c(C(C)=O)c(-c3ccc(Cl)cc3)c(C#N)c2=S)[C@H](OC(C)=O)[C@H](OC(C)=O)[C@@H]1OC(C)=O. The van der Waals surface area contributed by atoms with Gasteiger partial charge in [0.1, 0.15) is 23.4 Å². The second-order valence-corrected chi connectivity index (χ2v) is 10.5. The number of ether oxygens (including phenoxy) is 5. The smallest absolute Gasteiger partial charge is 0.303 e. The number of nitriles is 1. The molecule has 0 spiro atoms. The lowest BCUT2D eigenvalue weighted by atomic mass is 9.91. The van der Waals surface area contributed by atoms with Crippen LogP contribution in [0.4, 0.5) is 0 Å². The van der Waals surface area contributed by atoms with Gasteiger partial charge < -0.3 is 28.3 Å². The van der Waals surface area contributed by atoms with Crippen molar-refractivity contribution in [1.29, 1.82) is 5.26 Å². The van der Waals surface area contributed by atoms with Crippen molar-refractivity contribution in [1.82, 2.24) is 4.57 Å². The van der Waals surface area contributed by atoms with Crippen molar-refractivity contribution < 1.29 is 47.7 Å². The molecule has 5 atom stereocenters. The first-order chi connectivity index (χ1) is 20.2. The molecule has 1 fully saturated rings. The molecule has 3 rings (SSSR count). The fraction of sp³-hybridized carbons (Fsp3) is 0.414. The number of halogens is 1. The van der Waals surface area contributed by atoms with Crippen LogP contribution in [0.2, 0.25) is 5.02 Å². The molecule has 228 valence electrons. The number of aromatic nitrogens is 1. The molecule has 1 aliphatic heterocycles. The van der Waals surface area contributed by atoms with Crippen LogP contribution >= 0.6 is 23.8 Å². The minimum Gasteiger partial charge on any atom is -0.463 e. The second-order valence-electron chi connectivity index (χ2n) is 9.65. The van der Waals surface area contributed by atoms with E-state index < -0.39 is 66.9 Å². The molecule has 1 aromatic heterocycles. The lowest BCUT2D eigenvalue weighted by Gasteiger charge is -2.45. The van der Waals surface area contributed by atoms with Crippen molar-refractivity contribution in [2.45, 2.75) is 72.2 Å². The van der Waals surface area contributed by atoms with Crippen LogP contribution in [-0.2, 0) is 42.9 Å². The third kappa shape index (κ3) is 7.45. The lowest BCUT2D eigenvalue weighted by molar-refractivity contribution is -0.269. The largest absolute Gasteiger partial charge is 0.463 e. The summed E-state index contributed by atoms with van der Waals surface area (Å²) in [5.41, 5.74) is 1.02. The van der Waals surface area contributed by atoms with Gasteiger partial charge in [0.05, 0.1) is 5.56 Å². The van der Waals surface area contributed by atoms with Gasteiger partial charge in [-0.2, -0.15) is 5.26 Å². The van der Waals surface area contributed by atoms with E-state index in [1.165, 1.54) is 11.5 Å². The van der Waals surface area contributed by atoms with Crippen LogP contribution in [0.15, 0.2) is 24.3 Å². The fourth-order valence-electron chi connectivity index (χ4n) is 4.97. The average molecular weight is 633 g/mol. The summed E-state index contributed by atoms with van der Waals surface area (Å²) in [6.07, 6.45) is -7.09. The average Bonchev–Trinajstić information content (AvgIpc) is 2.89. The monoisotopic (exact) mass is 632 g/mol. The first-order valence-electron chi connectivity index (χ1n) is 12.9. The Labute approximate surface area is 257 Å². The Hall–Kier alpha value is -4.12. The van der Waals surface area contributed by atoms with Crippen LogP contribution in [0.3, 0.4) is 0 Å². The van der Waals surface area contributed by atoms with Gasteiger partial charge in [-0.25, -0.2) is 0 Å². The molecule has 1 saturated heterocycles. The molecule has 0 saturated carbocycles. The molecule has 1 aliphatic rings. The molecule has 1 aromatic carbocycles. The zero-order valence-corrected chi connectivity index (χ0v) is 25.7. The lowest BCUT2D eigenvalue weighted by Crippen LogP contribution is -2.60. The maximum absolute atomic E-state index is 13.1. The number of rotatable bonds is 8. The van der Waals surface area contributed by atoms with Gasteiger partial charge in [0.15, 0.2) is 30.3 Å². The third-order valence-electron chi connectivity index (χ3n) is 6.47. The molecule has 14 heteroatoms. The minimum absolute atomic E-state index is 0.0685. The van der Waals surface area contributed by atoms with Crippen molar-refractivity contribution in [3.8, 4) is 17.2 Å². The van der Waals surface area contributed by atoms with Crippen molar-refractivity contribution in [2.24, 2.45) is 0 Å². The summed E-state index contributed by atoms with van der Waals surface area (Å²) in [4.78, 5) is 61.5. The van der Waals surface area contributed by atoms with E-state index in [-0.39, 0.29) is 27.0 Å². The molecule has 43 heavy (non-hydrogen) atoms. The van der Waals surface area contributed by atoms with Gasteiger partial charge in [0.25, 0.3) is 0 Å². The van der Waals surface area contributed by atoms with Crippen molar-refractivity contribution >= 4 is 53.5 Å². The maximum Gasteiger partial charge on any atom is 0.303 e. The Morgan fingerprint density at radius 2 is 1.44 bits per heavy atom. The van der Waals surface area contributed by atoms with Gasteiger partial charge in [-0.3, -0.25) is 24.0 Å². The fourth-order valence-corrected chi connectivity index (χ4v) is 5.48. The second kappa shape index (κ2) is 13.9.